The van der Waals surface area contributed by atoms with E-state index in [1.807, 2.05) is 0 Å². The van der Waals surface area contributed by atoms with Crippen LogP contribution in [0.15, 0.2) is 35.1 Å². The Labute approximate surface area is 121 Å². The van der Waals surface area contributed by atoms with Crippen molar-refractivity contribution in [3.05, 3.63) is 46.5 Å². The summed E-state index contributed by atoms with van der Waals surface area (Å²) in [7, 11) is 0. The predicted molar refractivity (Wildman–Crippen MR) is 73.6 cm³/mol. The van der Waals surface area contributed by atoms with Crippen molar-refractivity contribution in [2.75, 3.05) is 0 Å². The molecule has 2 heterocycles. The number of aromatic amines is 2. The normalized spacial score (nSPS) is 11.8. The summed E-state index contributed by atoms with van der Waals surface area (Å²) in [4.78, 5) is 21.3. The van der Waals surface area contributed by atoms with Crippen molar-refractivity contribution in [3.8, 4) is 17.0 Å². The molecule has 3 aromatic rings. The molecule has 0 amide bonds. The summed E-state index contributed by atoms with van der Waals surface area (Å²) in [6.45, 7) is 1.62. The van der Waals surface area contributed by atoms with Gasteiger partial charge in [-0.2, -0.15) is 0 Å². The molecule has 5 nitrogen and oxygen atoms in total. The van der Waals surface area contributed by atoms with Gasteiger partial charge >= 0.3 is 6.36 Å². The number of benzene rings is 1. The van der Waals surface area contributed by atoms with Crippen LogP contribution in [0.5, 0.6) is 5.75 Å². The molecule has 0 spiro atoms. The van der Waals surface area contributed by atoms with Crippen molar-refractivity contribution < 1.29 is 17.9 Å². The van der Waals surface area contributed by atoms with Crippen LogP contribution in [0, 0.1) is 6.92 Å². The summed E-state index contributed by atoms with van der Waals surface area (Å²) in [6, 6.07) is 7.19. The molecule has 0 fully saturated rings. The summed E-state index contributed by atoms with van der Waals surface area (Å²) in [5.74, 6) is 0.0672. The minimum atomic E-state index is -4.80. The number of H-pyrrole nitrogens is 2. The molecule has 0 radical (unpaired) electrons. The van der Waals surface area contributed by atoms with Gasteiger partial charge in [-0.25, -0.2) is 4.98 Å². The Kier molecular flexibility index (Phi) is 3.16. The Hall–Kier alpha value is -2.77. The Bertz CT molecular complexity index is 896. The van der Waals surface area contributed by atoms with Crippen LogP contribution in [0.4, 0.5) is 13.2 Å². The standard InChI is InChI=1S/C14H10F3N3O2/c1-7-18-10-6-9(20-12(10)13(21)19-7)8-4-2-3-5-11(8)22-14(15,16)17/h2-6,20H,1H3,(H,18,19,21). The fourth-order valence-electron chi connectivity index (χ4n) is 2.19. The predicted octanol–water partition coefficient (Wildman–Crippen LogP) is 3.13. The van der Waals surface area contributed by atoms with Crippen molar-refractivity contribution in [3.63, 3.8) is 0 Å². The molecule has 0 atom stereocenters. The van der Waals surface area contributed by atoms with Crippen LogP contribution in [0.25, 0.3) is 22.3 Å². The van der Waals surface area contributed by atoms with Gasteiger partial charge in [-0.15, -0.1) is 13.2 Å². The number of aryl methyl sites for hydroxylation is 1. The molecule has 8 heteroatoms. The van der Waals surface area contributed by atoms with Gasteiger partial charge in [0.15, 0.2) is 0 Å². The number of aromatic nitrogens is 3. The molecule has 2 N–H and O–H groups in total. The highest BCUT2D eigenvalue weighted by atomic mass is 19.4. The highest BCUT2D eigenvalue weighted by Gasteiger charge is 2.32. The number of halogens is 3. The summed E-state index contributed by atoms with van der Waals surface area (Å²) >= 11 is 0. The smallest absolute Gasteiger partial charge is 0.405 e. The lowest BCUT2D eigenvalue weighted by Gasteiger charge is -2.12. The second-order valence-corrected chi connectivity index (χ2v) is 4.64. The number of para-hydroxylation sites is 1. The Morgan fingerprint density at radius 2 is 1.91 bits per heavy atom. The van der Waals surface area contributed by atoms with E-state index < -0.39 is 6.36 Å². The molecule has 0 aliphatic carbocycles. The van der Waals surface area contributed by atoms with Gasteiger partial charge in [0.2, 0.25) is 0 Å². The minimum absolute atomic E-state index is 0.190. The van der Waals surface area contributed by atoms with Crippen LogP contribution in [0.1, 0.15) is 5.82 Å². The maximum Gasteiger partial charge on any atom is 0.573 e. The van der Waals surface area contributed by atoms with Crippen LogP contribution in [-0.2, 0) is 0 Å². The first-order valence-corrected chi connectivity index (χ1v) is 6.28. The lowest BCUT2D eigenvalue weighted by Crippen LogP contribution is -2.17. The molecular formula is C14H10F3N3O2. The van der Waals surface area contributed by atoms with Gasteiger partial charge < -0.3 is 14.7 Å². The third-order valence-corrected chi connectivity index (χ3v) is 3.01. The van der Waals surface area contributed by atoms with E-state index in [1.165, 1.54) is 24.3 Å². The first-order valence-electron chi connectivity index (χ1n) is 6.28. The van der Waals surface area contributed by atoms with Crippen LogP contribution in [0.3, 0.4) is 0 Å². The first kappa shape index (κ1) is 14.2. The number of ether oxygens (including phenoxy) is 1. The number of hydrogen-bond acceptors (Lipinski definition) is 3. The lowest BCUT2D eigenvalue weighted by atomic mass is 10.1. The van der Waals surface area contributed by atoms with Gasteiger partial charge in [-0.05, 0) is 25.1 Å². The van der Waals surface area contributed by atoms with Gasteiger partial charge in [0, 0.05) is 5.56 Å². The Balaban J connectivity index is 2.16. The van der Waals surface area contributed by atoms with E-state index >= 15 is 0 Å². The number of nitrogens with zero attached hydrogens (tertiary/aromatic N) is 1. The number of hydrogen-bond donors (Lipinski definition) is 2. The van der Waals surface area contributed by atoms with E-state index in [1.54, 1.807) is 13.0 Å². The van der Waals surface area contributed by atoms with Gasteiger partial charge in [0.25, 0.3) is 5.56 Å². The third-order valence-electron chi connectivity index (χ3n) is 3.01. The fourth-order valence-corrected chi connectivity index (χ4v) is 2.19. The molecule has 0 aliphatic heterocycles. The largest absolute Gasteiger partial charge is 0.573 e. The average Bonchev–Trinajstić information content (AvgIpc) is 2.81. The van der Waals surface area contributed by atoms with Crippen LogP contribution >= 0.6 is 0 Å². The second-order valence-electron chi connectivity index (χ2n) is 4.64. The van der Waals surface area contributed by atoms with Crippen molar-refractivity contribution in [2.24, 2.45) is 0 Å². The van der Waals surface area contributed by atoms with Gasteiger partial charge in [0.1, 0.15) is 17.1 Å². The summed E-state index contributed by atoms with van der Waals surface area (Å²) in [5, 5.41) is 0. The van der Waals surface area contributed by atoms with E-state index in [9.17, 15) is 18.0 Å². The van der Waals surface area contributed by atoms with Crippen molar-refractivity contribution >= 4 is 11.0 Å². The molecule has 1 aromatic carbocycles. The topological polar surface area (TPSA) is 70.8 Å². The van der Waals surface area contributed by atoms with E-state index in [-0.39, 0.29) is 22.4 Å². The lowest BCUT2D eigenvalue weighted by molar-refractivity contribution is -0.274. The van der Waals surface area contributed by atoms with Gasteiger partial charge in [-0.3, -0.25) is 4.79 Å². The van der Waals surface area contributed by atoms with Crippen LogP contribution < -0.4 is 10.3 Å². The molecule has 3 rings (SSSR count). The molecular weight excluding hydrogens is 299 g/mol. The maximum atomic E-state index is 12.5. The van der Waals surface area contributed by atoms with Gasteiger partial charge in [-0.1, -0.05) is 12.1 Å². The molecule has 22 heavy (non-hydrogen) atoms. The second kappa shape index (κ2) is 4.90. The summed E-state index contributed by atoms with van der Waals surface area (Å²) in [5.41, 5.74) is 0.691. The van der Waals surface area contributed by atoms with E-state index in [4.69, 9.17) is 0 Å². The Morgan fingerprint density at radius 3 is 2.64 bits per heavy atom. The zero-order valence-corrected chi connectivity index (χ0v) is 11.3. The maximum absolute atomic E-state index is 12.5. The number of nitrogens with one attached hydrogen (secondary N) is 2. The molecule has 0 saturated heterocycles. The SMILES string of the molecule is Cc1nc2cc(-c3ccccc3OC(F)(F)F)[nH]c2c(=O)[nH]1. The van der Waals surface area contributed by atoms with Crippen LogP contribution in [-0.4, -0.2) is 21.3 Å². The van der Waals surface area contributed by atoms with Crippen molar-refractivity contribution in [1.82, 2.24) is 15.0 Å². The number of fused-ring (bicyclic) bond motifs is 1. The number of alkyl halides is 3. The quantitative estimate of drug-likeness (QED) is 0.764. The molecule has 2 aromatic heterocycles. The van der Waals surface area contributed by atoms with Crippen molar-refractivity contribution in [2.45, 2.75) is 13.3 Å². The summed E-state index contributed by atoms with van der Waals surface area (Å²) in [6.07, 6.45) is -4.80. The van der Waals surface area contributed by atoms with Crippen LogP contribution in [0.2, 0.25) is 0 Å². The van der Waals surface area contributed by atoms with E-state index in [2.05, 4.69) is 19.7 Å². The Morgan fingerprint density at radius 1 is 1.18 bits per heavy atom. The van der Waals surface area contributed by atoms with Crippen molar-refractivity contribution in [1.29, 1.82) is 0 Å². The molecule has 0 bridgehead atoms. The molecule has 0 saturated carbocycles. The summed E-state index contributed by atoms with van der Waals surface area (Å²) < 4.78 is 41.4. The van der Waals surface area contributed by atoms with Gasteiger partial charge in [0.05, 0.1) is 11.2 Å². The zero-order valence-electron chi connectivity index (χ0n) is 11.3. The molecule has 0 unspecified atom stereocenters. The van der Waals surface area contributed by atoms with E-state index in [0.717, 1.165) is 0 Å². The number of rotatable bonds is 2. The minimum Gasteiger partial charge on any atom is -0.405 e. The average molecular weight is 309 g/mol. The fraction of sp³-hybridized carbons (Fsp3) is 0.143. The van der Waals surface area contributed by atoms with E-state index in [0.29, 0.717) is 17.0 Å². The highest BCUT2D eigenvalue weighted by molar-refractivity contribution is 5.83. The third kappa shape index (κ3) is 2.67. The molecule has 114 valence electrons. The molecule has 0 aliphatic rings. The monoisotopic (exact) mass is 309 g/mol. The first-order chi connectivity index (χ1) is 10.3. The zero-order chi connectivity index (χ0) is 15.9. The highest BCUT2D eigenvalue weighted by Crippen LogP contribution is 2.33.